The molecule has 10 heteroatoms. The van der Waals surface area contributed by atoms with Crippen LogP contribution in [0.25, 0.3) is 0 Å². The van der Waals surface area contributed by atoms with Gasteiger partial charge in [0.2, 0.25) is 5.95 Å². The molecule has 1 amide bonds. The largest absolute Gasteiger partial charge is 0.446 e. The second-order valence-corrected chi connectivity index (χ2v) is 6.18. The Morgan fingerprint density at radius 1 is 1.28 bits per heavy atom. The number of hydrogen-bond acceptors (Lipinski definition) is 5. The number of anilines is 1. The lowest BCUT2D eigenvalue weighted by Gasteiger charge is -2.15. The molecule has 0 aliphatic carbocycles. The molecule has 0 aliphatic rings. The minimum Gasteiger partial charge on any atom is -0.359 e. The average molecular weight is 372 g/mol. The Morgan fingerprint density at radius 3 is 2.48 bits per heavy atom. The third-order valence-electron chi connectivity index (χ3n) is 3.17. The standard InChI is InChI=1S/C15H15F3N4O2S/c1-8(9-3-5-10(6-4-9)25-15(16,17)18)20-13(24)11-7-12(23)22-14(19-2)21-11/h3-8H,1-2H3,(H,20,24)(H2,19,21,22,23)/t8-/m1/s1. The van der Waals surface area contributed by atoms with Gasteiger partial charge in [-0.1, -0.05) is 12.1 Å². The van der Waals surface area contributed by atoms with E-state index in [1.54, 1.807) is 14.0 Å². The Hall–Kier alpha value is -2.49. The lowest BCUT2D eigenvalue weighted by Crippen LogP contribution is -2.29. The van der Waals surface area contributed by atoms with Crippen LogP contribution in [0.3, 0.4) is 0 Å². The summed E-state index contributed by atoms with van der Waals surface area (Å²) in [5.41, 5.74) is -4.27. The number of aromatic nitrogens is 2. The van der Waals surface area contributed by atoms with Gasteiger partial charge in [0.05, 0.1) is 6.04 Å². The topological polar surface area (TPSA) is 86.9 Å². The first-order chi connectivity index (χ1) is 11.7. The van der Waals surface area contributed by atoms with Crippen molar-refractivity contribution in [1.29, 1.82) is 0 Å². The molecular formula is C15H15F3N4O2S. The summed E-state index contributed by atoms with van der Waals surface area (Å²) in [5.74, 6) is -0.414. The highest BCUT2D eigenvalue weighted by atomic mass is 32.2. The molecule has 2 aromatic rings. The highest BCUT2D eigenvalue weighted by Crippen LogP contribution is 2.36. The van der Waals surface area contributed by atoms with Gasteiger partial charge in [-0.05, 0) is 36.4 Å². The van der Waals surface area contributed by atoms with Gasteiger partial charge in [-0.2, -0.15) is 13.2 Å². The highest BCUT2D eigenvalue weighted by molar-refractivity contribution is 8.00. The zero-order chi connectivity index (χ0) is 18.6. The molecule has 2 rings (SSSR count). The maximum Gasteiger partial charge on any atom is 0.446 e. The molecule has 0 unspecified atom stereocenters. The van der Waals surface area contributed by atoms with Crippen LogP contribution in [-0.4, -0.2) is 28.4 Å². The summed E-state index contributed by atoms with van der Waals surface area (Å²) >= 11 is -0.205. The molecule has 6 nitrogen and oxygen atoms in total. The summed E-state index contributed by atoms with van der Waals surface area (Å²) in [7, 11) is 1.54. The normalized spacial score (nSPS) is 12.5. The summed E-state index contributed by atoms with van der Waals surface area (Å²) in [5, 5.41) is 5.28. The lowest BCUT2D eigenvalue weighted by atomic mass is 10.1. The Balaban J connectivity index is 2.08. The molecule has 134 valence electrons. The molecule has 3 N–H and O–H groups in total. The number of carbonyl (C=O) groups is 1. The predicted molar refractivity (Wildman–Crippen MR) is 88.6 cm³/mol. The van der Waals surface area contributed by atoms with Crippen LogP contribution in [0.5, 0.6) is 0 Å². The van der Waals surface area contributed by atoms with Gasteiger partial charge < -0.3 is 10.6 Å². The smallest absolute Gasteiger partial charge is 0.359 e. The minimum absolute atomic E-state index is 0.0599. The fourth-order valence-electron chi connectivity index (χ4n) is 2.00. The first-order valence-corrected chi connectivity index (χ1v) is 7.95. The molecule has 0 saturated heterocycles. The summed E-state index contributed by atoms with van der Waals surface area (Å²) in [6.45, 7) is 1.68. The zero-order valence-corrected chi connectivity index (χ0v) is 14.1. The van der Waals surface area contributed by atoms with E-state index in [0.29, 0.717) is 5.56 Å². The van der Waals surface area contributed by atoms with Crippen LogP contribution in [0, 0.1) is 0 Å². The maximum atomic E-state index is 12.3. The summed E-state index contributed by atoms with van der Waals surface area (Å²) in [6.07, 6.45) is 0. The van der Waals surface area contributed by atoms with Crippen LogP contribution in [0.15, 0.2) is 40.0 Å². The van der Waals surface area contributed by atoms with Gasteiger partial charge in [-0.25, -0.2) is 4.98 Å². The third kappa shape index (κ3) is 5.52. The number of benzene rings is 1. The number of H-pyrrole nitrogens is 1. The van der Waals surface area contributed by atoms with Crippen molar-refractivity contribution >= 4 is 23.6 Å². The SMILES string of the molecule is CNc1nc(C(=O)N[C@H](C)c2ccc(SC(F)(F)F)cc2)cc(=O)[nH]1. The molecule has 1 atom stereocenters. The quantitative estimate of drug-likeness (QED) is 0.703. The first kappa shape index (κ1) is 18.8. The van der Waals surface area contributed by atoms with Crippen LogP contribution in [-0.2, 0) is 0 Å². The molecule has 25 heavy (non-hydrogen) atoms. The fourth-order valence-corrected chi connectivity index (χ4v) is 2.54. The van der Waals surface area contributed by atoms with Gasteiger partial charge in [-0.3, -0.25) is 14.6 Å². The van der Waals surface area contributed by atoms with E-state index in [1.807, 2.05) is 0 Å². The number of alkyl halides is 3. The molecule has 0 spiro atoms. The lowest BCUT2D eigenvalue weighted by molar-refractivity contribution is -0.0328. The van der Waals surface area contributed by atoms with Crippen LogP contribution in [0.2, 0.25) is 0 Å². The van der Waals surface area contributed by atoms with Gasteiger partial charge in [-0.15, -0.1) is 0 Å². The van der Waals surface area contributed by atoms with Crippen molar-refractivity contribution in [2.45, 2.75) is 23.4 Å². The number of thioether (sulfide) groups is 1. The Kier molecular flexibility index (Phi) is 5.73. The van der Waals surface area contributed by atoms with Crippen LogP contribution >= 0.6 is 11.8 Å². The van der Waals surface area contributed by atoms with Crippen LogP contribution in [0.1, 0.15) is 29.0 Å². The van der Waals surface area contributed by atoms with Crippen molar-refractivity contribution in [1.82, 2.24) is 15.3 Å². The van der Waals surface area contributed by atoms with E-state index in [9.17, 15) is 22.8 Å². The molecule has 1 aromatic carbocycles. The van der Waals surface area contributed by atoms with Gasteiger partial charge in [0.25, 0.3) is 11.5 Å². The van der Waals surface area contributed by atoms with E-state index < -0.39 is 23.0 Å². The first-order valence-electron chi connectivity index (χ1n) is 7.13. The number of carbonyl (C=O) groups excluding carboxylic acids is 1. The number of aromatic amines is 1. The van der Waals surface area contributed by atoms with E-state index in [2.05, 4.69) is 20.6 Å². The van der Waals surface area contributed by atoms with E-state index >= 15 is 0 Å². The zero-order valence-electron chi connectivity index (χ0n) is 13.3. The van der Waals surface area contributed by atoms with E-state index in [-0.39, 0.29) is 28.3 Å². The fraction of sp³-hybridized carbons (Fsp3) is 0.267. The van der Waals surface area contributed by atoms with Crippen molar-refractivity contribution < 1.29 is 18.0 Å². The van der Waals surface area contributed by atoms with Crippen molar-refractivity contribution in [2.75, 3.05) is 12.4 Å². The van der Waals surface area contributed by atoms with E-state index in [4.69, 9.17) is 0 Å². The molecule has 0 bridgehead atoms. The van der Waals surface area contributed by atoms with E-state index in [0.717, 1.165) is 6.07 Å². The number of rotatable bonds is 5. The molecule has 1 aromatic heterocycles. The Labute approximate surface area is 145 Å². The monoisotopic (exact) mass is 372 g/mol. The van der Waals surface area contributed by atoms with E-state index in [1.165, 1.54) is 24.3 Å². The number of amides is 1. The summed E-state index contributed by atoms with van der Waals surface area (Å²) in [4.78, 5) is 30.1. The number of nitrogens with zero attached hydrogens (tertiary/aromatic N) is 1. The van der Waals surface area contributed by atoms with Crippen LogP contribution < -0.4 is 16.2 Å². The number of nitrogens with one attached hydrogen (secondary N) is 3. The van der Waals surface area contributed by atoms with Crippen molar-refractivity contribution in [2.24, 2.45) is 0 Å². The third-order valence-corrected chi connectivity index (χ3v) is 3.91. The van der Waals surface area contributed by atoms with Gasteiger partial charge in [0.15, 0.2) is 0 Å². The predicted octanol–water partition coefficient (Wildman–Crippen LogP) is 2.91. The number of halogens is 3. The molecule has 1 heterocycles. The Bertz CT molecular complexity index is 806. The van der Waals surface area contributed by atoms with Crippen molar-refractivity contribution in [3.05, 3.63) is 51.9 Å². The highest BCUT2D eigenvalue weighted by Gasteiger charge is 2.29. The molecule has 0 aliphatic heterocycles. The summed E-state index contributed by atoms with van der Waals surface area (Å²) < 4.78 is 37.0. The molecular weight excluding hydrogens is 357 g/mol. The Morgan fingerprint density at radius 2 is 1.92 bits per heavy atom. The van der Waals surface area contributed by atoms with Gasteiger partial charge in [0, 0.05) is 18.0 Å². The molecule has 0 saturated carbocycles. The molecule has 0 fully saturated rings. The van der Waals surface area contributed by atoms with Gasteiger partial charge >= 0.3 is 5.51 Å². The second-order valence-electron chi connectivity index (χ2n) is 5.04. The summed E-state index contributed by atoms with van der Waals surface area (Å²) in [6, 6.07) is 6.26. The van der Waals surface area contributed by atoms with Crippen LogP contribution in [0.4, 0.5) is 19.1 Å². The van der Waals surface area contributed by atoms with Gasteiger partial charge in [0.1, 0.15) is 5.69 Å². The minimum atomic E-state index is -4.35. The second kappa shape index (κ2) is 7.60. The van der Waals surface area contributed by atoms with Crippen molar-refractivity contribution in [3.63, 3.8) is 0 Å². The number of hydrogen-bond donors (Lipinski definition) is 3. The van der Waals surface area contributed by atoms with Crippen molar-refractivity contribution in [3.8, 4) is 0 Å². The maximum absolute atomic E-state index is 12.3. The average Bonchev–Trinajstić information content (AvgIpc) is 2.53. The molecule has 0 radical (unpaired) electrons.